The van der Waals surface area contributed by atoms with E-state index in [4.69, 9.17) is 20.1 Å². The number of ether oxygens (including phenoxy) is 2. The summed E-state index contributed by atoms with van der Waals surface area (Å²) in [4.78, 5) is 32.2. The van der Waals surface area contributed by atoms with Crippen LogP contribution in [0.4, 0.5) is 0 Å². The second kappa shape index (κ2) is 7.49. The van der Waals surface area contributed by atoms with Gasteiger partial charge in [0.05, 0.1) is 18.6 Å². The summed E-state index contributed by atoms with van der Waals surface area (Å²) >= 11 is 0. The summed E-state index contributed by atoms with van der Waals surface area (Å²) in [6.45, 7) is 2.37. The highest BCUT2D eigenvalue weighted by Crippen LogP contribution is 2.17. The number of carbonyl (C=O) groups is 3. The smallest absolute Gasteiger partial charge is 0.417 e. The molecule has 3 N–H and O–H groups in total. The van der Waals surface area contributed by atoms with E-state index in [1.807, 2.05) is 0 Å². The average molecular weight is 276 g/mol. The van der Waals surface area contributed by atoms with Crippen molar-refractivity contribution in [1.29, 1.82) is 0 Å². The zero-order valence-electron chi connectivity index (χ0n) is 10.4. The predicted molar refractivity (Wildman–Crippen MR) is 61.0 cm³/mol. The van der Waals surface area contributed by atoms with E-state index in [9.17, 15) is 14.4 Å². The van der Waals surface area contributed by atoms with E-state index in [0.717, 1.165) is 0 Å². The Kier molecular flexibility index (Phi) is 6.73. The Balaban J connectivity index is 4.58. The number of aliphatic hydroxyl groups excluding tert-OH is 2. The Hall–Kier alpha value is -1.93. The van der Waals surface area contributed by atoms with Crippen LogP contribution in [0.3, 0.4) is 0 Å². The maximum Gasteiger partial charge on any atom is 0.417 e. The highest BCUT2D eigenvalue weighted by Gasteiger charge is 2.33. The van der Waals surface area contributed by atoms with Crippen LogP contribution in [0.25, 0.3) is 0 Å². The molecular formula is C11H16O8. The average Bonchev–Trinajstić information content (AvgIpc) is 2.38. The lowest BCUT2D eigenvalue weighted by molar-refractivity contribution is -0.170. The van der Waals surface area contributed by atoms with Gasteiger partial charge in [-0.25, -0.2) is 14.4 Å². The molecule has 0 aliphatic heterocycles. The summed E-state index contributed by atoms with van der Waals surface area (Å²) in [7, 11) is 0. The first kappa shape index (κ1) is 17.1. The van der Waals surface area contributed by atoms with E-state index >= 15 is 0 Å². The van der Waals surface area contributed by atoms with E-state index < -0.39 is 49.8 Å². The molecule has 0 amide bonds. The predicted octanol–water partition coefficient (Wildman–Crippen LogP) is -1.30. The lowest BCUT2D eigenvalue weighted by Crippen LogP contribution is -2.41. The molecule has 0 saturated carbocycles. The van der Waals surface area contributed by atoms with Gasteiger partial charge >= 0.3 is 17.9 Å². The van der Waals surface area contributed by atoms with E-state index in [-0.39, 0.29) is 5.57 Å². The van der Waals surface area contributed by atoms with Crippen molar-refractivity contribution in [3.63, 3.8) is 0 Å². The zero-order chi connectivity index (χ0) is 15.1. The van der Waals surface area contributed by atoms with Crippen molar-refractivity contribution < 1.29 is 39.2 Å². The van der Waals surface area contributed by atoms with Crippen LogP contribution in [0.5, 0.6) is 0 Å². The fourth-order valence-corrected chi connectivity index (χ4v) is 0.896. The fourth-order valence-electron chi connectivity index (χ4n) is 0.896. The highest BCUT2D eigenvalue weighted by molar-refractivity contribution is 6.28. The Bertz CT molecular complexity index is 337. The molecule has 0 rings (SSSR count). The number of carbonyl (C=O) groups excluding carboxylic acids is 2. The van der Waals surface area contributed by atoms with Gasteiger partial charge in [0.2, 0.25) is 0 Å². The molecule has 0 fully saturated rings. The molecule has 19 heavy (non-hydrogen) atoms. The Morgan fingerprint density at radius 3 is 1.79 bits per heavy atom. The Morgan fingerprint density at radius 2 is 1.47 bits per heavy atom. The van der Waals surface area contributed by atoms with Crippen molar-refractivity contribution in [2.24, 2.45) is 5.41 Å². The zero-order valence-corrected chi connectivity index (χ0v) is 10.4. The third kappa shape index (κ3) is 5.49. The monoisotopic (exact) mass is 276 g/mol. The first-order valence-electron chi connectivity index (χ1n) is 5.22. The number of hydrogen-bond acceptors (Lipinski definition) is 7. The third-order valence-corrected chi connectivity index (χ3v) is 2.21. The lowest BCUT2D eigenvalue weighted by atomic mass is 9.92. The number of carboxylic acids is 1. The maximum absolute atomic E-state index is 11.2. The van der Waals surface area contributed by atoms with Crippen molar-refractivity contribution in [2.75, 3.05) is 26.4 Å². The number of rotatable bonds is 7. The van der Waals surface area contributed by atoms with Gasteiger partial charge in [0.25, 0.3) is 0 Å². The minimum atomic E-state index is -1.80. The van der Waals surface area contributed by atoms with Crippen molar-refractivity contribution in [2.45, 2.75) is 6.92 Å². The SMILES string of the molecule is C=C(C)C(=O)OCC(CO)(CO)COC(=O)C(=O)O. The first-order chi connectivity index (χ1) is 8.78. The summed E-state index contributed by atoms with van der Waals surface area (Å²) in [5, 5.41) is 26.7. The van der Waals surface area contributed by atoms with Crippen molar-refractivity contribution in [3.05, 3.63) is 12.2 Å². The van der Waals surface area contributed by atoms with Gasteiger partial charge in [-0.3, -0.25) is 0 Å². The highest BCUT2D eigenvalue weighted by atomic mass is 16.6. The first-order valence-corrected chi connectivity index (χ1v) is 5.22. The second-order valence-corrected chi connectivity index (χ2v) is 4.05. The molecule has 0 aromatic carbocycles. The van der Waals surface area contributed by atoms with Crippen LogP contribution in [0, 0.1) is 5.41 Å². The normalized spacial score (nSPS) is 10.7. The number of aliphatic hydroxyl groups is 2. The largest absolute Gasteiger partial charge is 0.473 e. The Labute approximate surface area is 109 Å². The summed E-state index contributed by atoms with van der Waals surface area (Å²) in [6, 6.07) is 0. The van der Waals surface area contributed by atoms with Gasteiger partial charge in [0.1, 0.15) is 13.2 Å². The van der Waals surface area contributed by atoms with Gasteiger partial charge in [-0.2, -0.15) is 0 Å². The van der Waals surface area contributed by atoms with Gasteiger partial charge in [-0.1, -0.05) is 6.58 Å². The molecular weight excluding hydrogens is 260 g/mol. The summed E-state index contributed by atoms with van der Waals surface area (Å²) < 4.78 is 9.12. The van der Waals surface area contributed by atoms with Gasteiger partial charge < -0.3 is 24.8 Å². The molecule has 108 valence electrons. The molecule has 0 aromatic heterocycles. The van der Waals surface area contributed by atoms with E-state index in [2.05, 4.69) is 11.3 Å². The molecule has 0 heterocycles. The van der Waals surface area contributed by atoms with Crippen molar-refractivity contribution in [3.8, 4) is 0 Å². The molecule has 0 atom stereocenters. The molecule has 0 bridgehead atoms. The molecule has 0 aromatic rings. The minimum Gasteiger partial charge on any atom is -0.473 e. The van der Waals surface area contributed by atoms with Gasteiger partial charge in [-0.05, 0) is 6.92 Å². The van der Waals surface area contributed by atoms with Gasteiger partial charge in [0.15, 0.2) is 0 Å². The second-order valence-electron chi connectivity index (χ2n) is 4.05. The third-order valence-electron chi connectivity index (χ3n) is 2.21. The molecule has 8 heteroatoms. The summed E-state index contributed by atoms with van der Waals surface area (Å²) in [5.41, 5.74) is -1.34. The number of hydrogen-bond donors (Lipinski definition) is 3. The van der Waals surface area contributed by atoms with E-state index in [0.29, 0.717) is 0 Å². The van der Waals surface area contributed by atoms with Crippen LogP contribution < -0.4 is 0 Å². The van der Waals surface area contributed by atoms with Crippen LogP contribution in [-0.2, 0) is 23.9 Å². The number of esters is 2. The Morgan fingerprint density at radius 1 is 1.05 bits per heavy atom. The van der Waals surface area contributed by atoms with Crippen molar-refractivity contribution >= 4 is 17.9 Å². The van der Waals surface area contributed by atoms with Crippen LogP contribution >= 0.6 is 0 Å². The quantitative estimate of drug-likeness (QED) is 0.297. The summed E-state index contributed by atoms with van der Waals surface area (Å²) in [5.74, 6) is -4.07. The van der Waals surface area contributed by atoms with E-state index in [1.54, 1.807) is 0 Å². The van der Waals surface area contributed by atoms with Gasteiger partial charge in [-0.15, -0.1) is 0 Å². The minimum absolute atomic E-state index is 0.118. The molecule has 0 spiro atoms. The van der Waals surface area contributed by atoms with Crippen LogP contribution in [0.1, 0.15) is 6.92 Å². The maximum atomic E-state index is 11.2. The standard InChI is InChI=1S/C11H16O8/c1-7(2)9(16)18-5-11(3-12,4-13)6-19-10(17)8(14)15/h12-13H,1,3-6H2,2H3,(H,14,15). The van der Waals surface area contributed by atoms with Crippen LogP contribution in [0.15, 0.2) is 12.2 Å². The molecule has 0 aliphatic carbocycles. The number of aliphatic carboxylic acids is 1. The van der Waals surface area contributed by atoms with E-state index in [1.165, 1.54) is 6.92 Å². The number of carboxylic acid groups (broad SMARTS) is 1. The fraction of sp³-hybridized carbons (Fsp3) is 0.545. The van der Waals surface area contributed by atoms with Crippen molar-refractivity contribution in [1.82, 2.24) is 0 Å². The topological polar surface area (TPSA) is 130 Å². The van der Waals surface area contributed by atoms with Gasteiger partial charge in [0, 0.05) is 5.57 Å². The molecule has 0 unspecified atom stereocenters. The molecule has 0 aliphatic rings. The summed E-state index contributed by atoms with van der Waals surface area (Å²) in [6.07, 6.45) is 0. The molecule has 0 saturated heterocycles. The lowest BCUT2D eigenvalue weighted by Gasteiger charge is -2.28. The molecule has 8 nitrogen and oxygen atoms in total. The van der Waals surface area contributed by atoms with Crippen LogP contribution in [-0.4, -0.2) is 59.7 Å². The molecule has 0 radical (unpaired) electrons. The van der Waals surface area contributed by atoms with Crippen LogP contribution in [0.2, 0.25) is 0 Å².